The van der Waals surface area contributed by atoms with Crippen LogP contribution in [0.1, 0.15) is 18.7 Å². The van der Waals surface area contributed by atoms with Crippen LogP contribution in [0.25, 0.3) is 0 Å². The summed E-state index contributed by atoms with van der Waals surface area (Å²) in [6.45, 7) is 0.267. The first kappa shape index (κ1) is 15.4. The van der Waals surface area contributed by atoms with Gasteiger partial charge in [-0.3, -0.25) is 9.89 Å². The molecule has 1 atom stereocenters. The van der Waals surface area contributed by atoms with E-state index in [9.17, 15) is 14.4 Å². The fourth-order valence-corrected chi connectivity index (χ4v) is 1.40. The molecular formula is C10H16N6O4. The largest absolute Gasteiger partial charge is 0.480 e. The van der Waals surface area contributed by atoms with Crippen molar-refractivity contribution < 1.29 is 19.5 Å². The van der Waals surface area contributed by atoms with E-state index in [1.54, 1.807) is 0 Å². The number of hydrogen-bond acceptors (Lipinski definition) is 5. The number of H-pyrrole nitrogens is 1. The second-order valence-electron chi connectivity index (χ2n) is 3.98. The monoisotopic (exact) mass is 284 g/mol. The molecule has 1 heterocycles. The van der Waals surface area contributed by atoms with E-state index in [1.165, 1.54) is 6.33 Å². The first-order valence-corrected chi connectivity index (χ1v) is 5.88. The van der Waals surface area contributed by atoms with Crippen LogP contribution in [0.3, 0.4) is 0 Å². The lowest BCUT2D eigenvalue weighted by Crippen LogP contribution is -2.46. The molecule has 0 aliphatic rings. The smallest absolute Gasteiger partial charge is 0.326 e. The van der Waals surface area contributed by atoms with Crippen LogP contribution >= 0.6 is 0 Å². The Morgan fingerprint density at radius 2 is 2.20 bits per heavy atom. The molecule has 0 spiro atoms. The SMILES string of the molecule is NC(=O)CC[C@H](NC(=O)NCCc1ncn[nH]1)C(=O)O. The molecule has 1 aromatic heterocycles. The van der Waals surface area contributed by atoms with Gasteiger partial charge in [0.05, 0.1) is 0 Å². The Bertz CT molecular complexity index is 460. The van der Waals surface area contributed by atoms with Crippen LogP contribution in [-0.2, 0) is 16.0 Å². The van der Waals surface area contributed by atoms with Gasteiger partial charge < -0.3 is 21.5 Å². The molecular weight excluding hydrogens is 268 g/mol. The van der Waals surface area contributed by atoms with Gasteiger partial charge >= 0.3 is 12.0 Å². The number of nitrogens with zero attached hydrogens (tertiary/aromatic N) is 2. The van der Waals surface area contributed by atoms with Gasteiger partial charge in [-0.15, -0.1) is 0 Å². The Morgan fingerprint density at radius 1 is 1.45 bits per heavy atom. The van der Waals surface area contributed by atoms with Crippen molar-refractivity contribution in [1.29, 1.82) is 0 Å². The van der Waals surface area contributed by atoms with E-state index in [1.807, 2.05) is 0 Å². The van der Waals surface area contributed by atoms with E-state index in [4.69, 9.17) is 10.8 Å². The minimum absolute atomic E-state index is 0.0554. The maximum absolute atomic E-state index is 11.5. The molecule has 0 aliphatic heterocycles. The van der Waals surface area contributed by atoms with Gasteiger partial charge in [0, 0.05) is 19.4 Å². The fraction of sp³-hybridized carbons (Fsp3) is 0.500. The molecule has 0 saturated heterocycles. The fourth-order valence-electron chi connectivity index (χ4n) is 1.40. The van der Waals surface area contributed by atoms with Crippen molar-refractivity contribution in [1.82, 2.24) is 25.8 Å². The van der Waals surface area contributed by atoms with E-state index in [0.29, 0.717) is 12.2 Å². The van der Waals surface area contributed by atoms with Crippen LogP contribution in [0.15, 0.2) is 6.33 Å². The topological polar surface area (TPSA) is 163 Å². The number of hydrogen-bond donors (Lipinski definition) is 5. The minimum Gasteiger partial charge on any atom is -0.480 e. The summed E-state index contributed by atoms with van der Waals surface area (Å²) in [6, 6.07) is -1.80. The highest BCUT2D eigenvalue weighted by atomic mass is 16.4. The molecule has 1 rings (SSSR count). The third kappa shape index (κ3) is 5.80. The molecule has 10 nitrogen and oxygen atoms in total. The van der Waals surface area contributed by atoms with E-state index in [2.05, 4.69) is 25.8 Å². The van der Waals surface area contributed by atoms with E-state index >= 15 is 0 Å². The molecule has 0 aromatic carbocycles. The van der Waals surface area contributed by atoms with Gasteiger partial charge in [0.2, 0.25) is 5.91 Å². The predicted molar refractivity (Wildman–Crippen MR) is 66.5 cm³/mol. The average Bonchev–Trinajstić information content (AvgIpc) is 2.87. The highest BCUT2D eigenvalue weighted by molar-refractivity contribution is 5.83. The molecule has 20 heavy (non-hydrogen) atoms. The third-order valence-electron chi connectivity index (χ3n) is 2.40. The van der Waals surface area contributed by atoms with Crippen LogP contribution in [0.2, 0.25) is 0 Å². The lowest BCUT2D eigenvalue weighted by Gasteiger charge is -2.14. The third-order valence-corrected chi connectivity index (χ3v) is 2.40. The number of aromatic nitrogens is 3. The Balaban J connectivity index is 2.30. The van der Waals surface area contributed by atoms with Crippen molar-refractivity contribution in [2.45, 2.75) is 25.3 Å². The Hall–Kier alpha value is -2.65. The Kier molecular flexibility index (Phi) is 5.94. The lowest BCUT2D eigenvalue weighted by molar-refractivity contribution is -0.139. The van der Waals surface area contributed by atoms with Crippen molar-refractivity contribution in [2.75, 3.05) is 6.54 Å². The number of carbonyl (C=O) groups excluding carboxylic acids is 2. The van der Waals surface area contributed by atoms with Gasteiger partial charge in [-0.2, -0.15) is 5.10 Å². The molecule has 0 aliphatic carbocycles. The number of nitrogens with two attached hydrogens (primary N) is 1. The van der Waals surface area contributed by atoms with Gasteiger partial charge in [-0.05, 0) is 6.42 Å². The Labute approximate surface area is 114 Å². The maximum atomic E-state index is 11.5. The first-order chi connectivity index (χ1) is 9.49. The van der Waals surface area contributed by atoms with Crippen LogP contribution in [0.5, 0.6) is 0 Å². The number of rotatable bonds is 8. The van der Waals surface area contributed by atoms with Gasteiger partial charge in [-0.25, -0.2) is 14.6 Å². The molecule has 0 saturated carbocycles. The highest BCUT2D eigenvalue weighted by Crippen LogP contribution is 1.97. The zero-order valence-corrected chi connectivity index (χ0v) is 10.6. The normalized spacial score (nSPS) is 11.6. The minimum atomic E-state index is -1.23. The summed E-state index contributed by atoms with van der Waals surface area (Å²) in [5, 5.41) is 19.9. The van der Waals surface area contributed by atoms with E-state index < -0.39 is 23.9 Å². The van der Waals surface area contributed by atoms with Crippen molar-refractivity contribution in [3.05, 3.63) is 12.2 Å². The number of aliphatic carboxylic acids is 1. The van der Waals surface area contributed by atoms with Crippen molar-refractivity contribution in [3.8, 4) is 0 Å². The lowest BCUT2D eigenvalue weighted by atomic mass is 10.1. The molecule has 110 valence electrons. The number of aromatic amines is 1. The number of carbonyl (C=O) groups is 3. The summed E-state index contributed by atoms with van der Waals surface area (Å²) in [5.74, 6) is -1.24. The number of carboxylic acids is 1. The van der Waals surface area contributed by atoms with Crippen LogP contribution in [-0.4, -0.2) is 50.8 Å². The molecule has 0 bridgehead atoms. The number of carboxylic acid groups (broad SMARTS) is 1. The van der Waals surface area contributed by atoms with Crippen molar-refractivity contribution in [3.63, 3.8) is 0 Å². The van der Waals surface area contributed by atoms with Gasteiger partial charge in [-0.1, -0.05) is 0 Å². The van der Waals surface area contributed by atoms with Gasteiger partial charge in [0.25, 0.3) is 0 Å². The number of amides is 3. The number of urea groups is 1. The van der Waals surface area contributed by atoms with Crippen LogP contribution in [0.4, 0.5) is 4.79 Å². The zero-order valence-electron chi connectivity index (χ0n) is 10.6. The van der Waals surface area contributed by atoms with Gasteiger partial charge in [0.1, 0.15) is 18.2 Å². The molecule has 0 unspecified atom stereocenters. The molecule has 6 N–H and O–H groups in total. The number of nitrogens with one attached hydrogen (secondary N) is 3. The van der Waals surface area contributed by atoms with Gasteiger partial charge in [0.15, 0.2) is 0 Å². The molecule has 3 amide bonds. The van der Waals surface area contributed by atoms with E-state index in [0.717, 1.165) is 0 Å². The maximum Gasteiger partial charge on any atom is 0.326 e. The summed E-state index contributed by atoms with van der Waals surface area (Å²) in [5.41, 5.74) is 4.93. The molecule has 0 fully saturated rings. The van der Waals surface area contributed by atoms with Crippen LogP contribution in [0, 0.1) is 0 Å². The quantitative estimate of drug-likeness (QED) is 0.384. The summed E-state index contributed by atoms with van der Waals surface area (Å²) in [4.78, 5) is 36.8. The second-order valence-corrected chi connectivity index (χ2v) is 3.98. The standard InChI is InChI=1S/C10H16N6O4/c11-7(17)2-1-6(9(18)19)15-10(20)12-4-3-8-13-5-14-16-8/h5-6H,1-4H2,(H2,11,17)(H,18,19)(H2,12,15,20)(H,13,14,16)/t6-/m0/s1. The molecule has 0 radical (unpaired) electrons. The summed E-state index contributed by atoms with van der Waals surface area (Å²) in [7, 11) is 0. The highest BCUT2D eigenvalue weighted by Gasteiger charge is 2.20. The zero-order chi connectivity index (χ0) is 15.0. The summed E-state index contributed by atoms with van der Waals surface area (Å²) >= 11 is 0. The second kappa shape index (κ2) is 7.71. The molecule has 10 heteroatoms. The molecule has 1 aromatic rings. The summed E-state index contributed by atoms with van der Waals surface area (Å²) < 4.78 is 0. The van der Waals surface area contributed by atoms with Crippen molar-refractivity contribution >= 4 is 17.9 Å². The Morgan fingerprint density at radius 3 is 2.75 bits per heavy atom. The van der Waals surface area contributed by atoms with Crippen molar-refractivity contribution in [2.24, 2.45) is 5.73 Å². The average molecular weight is 284 g/mol. The van der Waals surface area contributed by atoms with Crippen LogP contribution < -0.4 is 16.4 Å². The van der Waals surface area contributed by atoms with E-state index in [-0.39, 0.29) is 19.4 Å². The predicted octanol–water partition coefficient (Wildman–Crippen LogP) is -1.63. The summed E-state index contributed by atoms with van der Waals surface area (Å²) in [6.07, 6.45) is 1.61. The first-order valence-electron chi connectivity index (χ1n) is 5.88. The number of primary amides is 1.